The second-order valence-corrected chi connectivity index (χ2v) is 13.9. The molecule has 0 fully saturated rings. The topological polar surface area (TPSA) is 0 Å². The van der Waals surface area contributed by atoms with E-state index in [1.807, 2.05) is 6.92 Å². The van der Waals surface area contributed by atoms with E-state index in [1.165, 1.54) is 0 Å². The predicted molar refractivity (Wildman–Crippen MR) is 56.3 cm³/mol. The average molecular weight is 220 g/mol. The first-order valence-electron chi connectivity index (χ1n) is 3.25. The molecule has 0 radical (unpaired) electrons. The Kier molecular flexibility index (Phi) is 4.22. The fourth-order valence-corrected chi connectivity index (χ4v) is 7.91. The fourth-order valence-electron chi connectivity index (χ4n) is 0.465. The summed E-state index contributed by atoms with van der Waals surface area (Å²) in [6.45, 7) is 8.43. The normalized spacial score (nSPS) is 13.4. The van der Waals surface area contributed by atoms with Crippen LogP contribution in [-0.4, -0.2) is 10.9 Å². The Morgan fingerprint density at radius 1 is 1.30 bits per heavy atom. The quantitative estimate of drug-likeness (QED) is 0.460. The van der Waals surface area contributed by atoms with E-state index in [0.29, 0.717) is 0 Å². The van der Waals surface area contributed by atoms with Crippen LogP contribution in [0.25, 0.3) is 0 Å². The van der Waals surface area contributed by atoms with Crippen molar-refractivity contribution in [1.82, 2.24) is 0 Å². The standard InChI is InChI=1S/C6H14Cl2PS/c1-5-9(7,8)10-6(2,3)4/h5H2,1-4H3/q+1. The third-order valence-corrected chi connectivity index (χ3v) is 8.22. The largest absolute Gasteiger partial charge is 0.295 e. The number of halogens is 2. The van der Waals surface area contributed by atoms with Gasteiger partial charge in [0.05, 0.1) is 0 Å². The van der Waals surface area contributed by atoms with Gasteiger partial charge in [0.25, 0.3) is 4.74 Å². The molecule has 0 unspecified atom stereocenters. The Morgan fingerprint density at radius 2 is 1.70 bits per heavy atom. The van der Waals surface area contributed by atoms with Gasteiger partial charge in [-0.1, -0.05) is 6.92 Å². The van der Waals surface area contributed by atoms with Gasteiger partial charge in [-0.3, -0.25) is 0 Å². The van der Waals surface area contributed by atoms with E-state index in [4.69, 9.17) is 22.5 Å². The molecule has 10 heavy (non-hydrogen) atoms. The second kappa shape index (κ2) is 3.76. The molecule has 0 heterocycles. The van der Waals surface area contributed by atoms with Gasteiger partial charge in [0, 0.05) is 6.16 Å². The van der Waals surface area contributed by atoms with Gasteiger partial charge in [-0.25, -0.2) is 0 Å². The van der Waals surface area contributed by atoms with Crippen LogP contribution in [0.3, 0.4) is 0 Å². The second-order valence-electron chi connectivity index (χ2n) is 3.09. The van der Waals surface area contributed by atoms with Crippen LogP contribution in [0.2, 0.25) is 0 Å². The van der Waals surface area contributed by atoms with E-state index >= 15 is 0 Å². The SMILES string of the molecule is CCP(Cl)(Cl)=[S+]C(C)(C)C. The van der Waals surface area contributed by atoms with Crippen LogP contribution in [0, 0.1) is 0 Å². The molecule has 0 aliphatic heterocycles. The van der Waals surface area contributed by atoms with E-state index in [0.717, 1.165) is 6.16 Å². The molecule has 0 spiro atoms. The van der Waals surface area contributed by atoms with Gasteiger partial charge >= 0.3 is 0 Å². The lowest BCUT2D eigenvalue weighted by atomic mass is 10.3. The first-order valence-corrected chi connectivity index (χ1v) is 8.45. The highest BCUT2D eigenvalue weighted by atomic mass is 35.9. The Labute approximate surface area is 76.8 Å². The zero-order chi connectivity index (χ0) is 8.41. The zero-order valence-electron chi connectivity index (χ0n) is 6.82. The molecular weight excluding hydrogens is 206 g/mol. The van der Waals surface area contributed by atoms with Crippen molar-refractivity contribution in [2.24, 2.45) is 0 Å². The van der Waals surface area contributed by atoms with Crippen LogP contribution in [-0.2, 0) is 10.9 Å². The third-order valence-electron chi connectivity index (χ3n) is 0.776. The van der Waals surface area contributed by atoms with Crippen molar-refractivity contribution >= 4 is 38.2 Å². The molecule has 0 nitrogen and oxygen atoms in total. The molecule has 0 saturated carbocycles. The van der Waals surface area contributed by atoms with E-state index in [2.05, 4.69) is 20.8 Å². The molecule has 0 aromatic heterocycles. The van der Waals surface area contributed by atoms with Crippen molar-refractivity contribution in [3.8, 4) is 0 Å². The predicted octanol–water partition coefficient (Wildman–Crippen LogP) is 4.13. The van der Waals surface area contributed by atoms with Gasteiger partial charge in [0.1, 0.15) is 0 Å². The Balaban J connectivity index is 4.44. The van der Waals surface area contributed by atoms with Crippen LogP contribution in [0.1, 0.15) is 27.7 Å². The van der Waals surface area contributed by atoms with E-state index in [-0.39, 0.29) is 4.75 Å². The number of rotatable bonds is 1. The molecule has 62 valence electrons. The molecule has 0 bridgehead atoms. The minimum absolute atomic E-state index is 0.188. The van der Waals surface area contributed by atoms with Crippen molar-refractivity contribution < 1.29 is 0 Å². The van der Waals surface area contributed by atoms with Crippen molar-refractivity contribution in [1.29, 1.82) is 0 Å². The molecule has 0 atom stereocenters. The zero-order valence-corrected chi connectivity index (χ0v) is 10.0. The minimum Gasteiger partial charge on any atom is -0.0546 e. The molecule has 0 N–H and O–H groups in total. The molecule has 0 aromatic carbocycles. The molecule has 0 aliphatic rings. The maximum Gasteiger partial charge on any atom is 0.295 e. The molecule has 0 rings (SSSR count). The summed E-state index contributed by atoms with van der Waals surface area (Å²) in [5.41, 5.74) is 0. The van der Waals surface area contributed by atoms with Gasteiger partial charge < -0.3 is 0 Å². The summed E-state index contributed by atoms with van der Waals surface area (Å²) in [7, 11) is 1.70. The highest BCUT2D eigenvalue weighted by Gasteiger charge is 2.30. The van der Waals surface area contributed by atoms with Gasteiger partial charge in [-0.2, -0.15) is 0 Å². The molecular formula is C6H14Cl2PS+. The molecule has 0 aliphatic carbocycles. The maximum atomic E-state index is 6.04. The van der Waals surface area contributed by atoms with Crippen molar-refractivity contribution in [2.75, 3.05) is 6.16 Å². The van der Waals surface area contributed by atoms with E-state index < -0.39 is 4.74 Å². The molecule has 4 heteroatoms. The molecule has 0 saturated heterocycles. The van der Waals surface area contributed by atoms with Crippen molar-refractivity contribution in [3.63, 3.8) is 0 Å². The van der Waals surface area contributed by atoms with Crippen molar-refractivity contribution in [3.05, 3.63) is 0 Å². The Hall–Kier alpha value is 1.23. The summed E-state index contributed by atoms with van der Waals surface area (Å²) in [5, 5.41) is 0. The summed E-state index contributed by atoms with van der Waals surface area (Å²) >= 11 is 12.1. The monoisotopic (exact) mass is 219 g/mol. The summed E-state index contributed by atoms with van der Waals surface area (Å²) in [4.78, 5) is 0. The fraction of sp³-hybridized carbons (Fsp3) is 1.00. The lowest BCUT2D eigenvalue weighted by Crippen LogP contribution is -2.10. The van der Waals surface area contributed by atoms with Gasteiger partial charge in [-0.15, -0.1) is 0 Å². The van der Waals surface area contributed by atoms with Crippen LogP contribution in [0.5, 0.6) is 0 Å². The average Bonchev–Trinajstić information content (AvgIpc) is 1.60. The minimum atomic E-state index is -1.68. The summed E-state index contributed by atoms with van der Waals surface area (Å²) in [6, 6.07) is 0. The number of hydrogen-bond acceptors (Lipinski definition) is 0. The Morgan fingerprint density at radius 3 is 1.80 bits per heavy atom. The summed E-state index contributed by atoms with van der Waals surface area (Å²) in [6.07, 6.45) is 0.887. The first kappa shape index (κ1) is 11.2. The molecule has 0 aromatic rings. The van der Waals surface area contributed by atoms with Crippen molar-refractivity contribution in [2.45, 2.75) is 32.4 Å². The smallest absolute Gasteiger partial charge is 0.0546 e. The van der Waals surface area contributed by atoms with Gasteiger partial charge in [0.15, 0.2) is 15.7 Å². The van der Waals surface area contributed by atoms with E-state index in [1.54, 1.807) is 10.9 Å². The summed E-state index contributed by atoms with van der Waals surface area (Å²) in [5.74, 6) is 0. The van der Waals surface area contributed by atoms with E-state index in [9.17, 15) is 0 Å². The molecule has 0 amide bonds. The number of hydrogen-bond donors (Lipinski definition) is 0. The lowest BCUT2D eigenvalue weighted by Gasteiger charge is -2.01. The highest BCUT2D eigenvalue weighted by molar-refractivity contribution is 8.44. The third kappa shape index (κ3) is 5.97. The van der Waals surface area contributed by atoms with Crippen LogP contribution < -0.4 is 0 Å². The summed E-state index contributed by atoms with van der Waals surface area (Å²) < 4.78 is -1.50. The van der Waals surface area contributed by atoms with Crippen LogP contribution >= 0.6 is 27.2 Å². The van der Waals surface area contributed by atoms with Crippen LogP contribution in [0.15, 0.2) is 0 Å². The highest BCUT2D eigenvalue weighted by Crippen LogP contribution is 2.59. The Bertz CT molecular complexity index is 154. The lowest BCUT2D eigenvalue weighted by molar-refractivity contribution is 0.808. The van der Waals surface area contributed by atoms with Gasteiger partial charge in [0.2, 0.25) is 0 Å². The first-order chi connectivity index (χ1) is 4.27. The van der Waals surface area contributed by atoms with Gasteiger partial charge in [-0.05, 0) is 43.3 Å². The van der Waals surface area contributed by atoms with Crippen LogP contribution in [0.4, 0.5) is 0 Å². The maximum absolute atomic E-state index is 6.04.